The van der Waals surface area contributed by atoms with Crippen molar-refractivity contribution in [1.29, 1.82) is 5.26 Å². The highest BCUT2D eigenvalue weighted by Gasteiger charge is 2.29. The van der Waals surface area contributed by atoms with Crippen LogP contribution >= 0.6 is 11.6 Å². The van der Waals surface area contributed by atoms with Gasteiger partial charge in [-0.05, 0) is 37.0 Å². The maximum Gasteiger partial charge on any atom is 0.240 e. The Morgan fingerprint density at radius 3 is 2.61 bits per heavy atom. The second-order valence-electron chi connectivity index (χ2n) is 4.65. The van der Waals surface area contributed by atoms with Crippen molar-refractivity contribution < 1.29 is 8.42 Å². The van der Waals surface area contributed by atoms with Gasteiger partial charge >= 0.3 is 0 Å². The fourth-order valence-corrected chi connectivity index (χ4v) is 3.61. The monoisotopic (exact) mass is 284 g/mol. The van der Waals surface area contributed by atoms with Crippen LogP contribution in [0, 0.1) is 17.2 Å². The zero-order chi connectivity index (χ0) is 13.3. The molecule has 1 aromatic carbocycles. The van der Waals surface area contributed by atoms with E-state index < -0.39 is 10.0 Å². The molecule has 0 unspecified atom stereocenters. The summed E-state index contributed by atoms with van der Waals surface area (Å²) in [5.74, 6) is 0.572. The van der Waals surface area contributed by atoms with E-state index in [-0.39, 0.29) is 21.5 Å². The molecule has 1 fully saturated rings. The minimum absolute atomic E-state index is 0.0134. The minimum atomic E-state index is -3.54. The Kier molecular flexibility index (Phi) is 3.62. The first kappa shape index (κ1) is 13.3. The number of nitriles is 1. The molecule has 0 aromatic heterocycles. The quantitative estimate of drug-likeness (QED) is 0.926. The molecular weight excluding hydrogens is 272 g/mol. The van der Waals surface area contributed by atoms with Gasteiger partial charge in [-0.3, -0.25) is 0 Å². The van der Waals surface area contributed by atoms with Gasteiger partial charge in [-0.1, -0.05) is 18.5 Å². The topological polar surface area (TPSA) is 70.0 Å². The fraction of sp³-hybridized carbons (Fsp3) is 0.417. The third kappa shape index (κ3) is 2.66. The molecule has 6 heteroatoms. The van der Waals surface area contributed by atoms with Crippen LogP contribution in [-0.4, -0.2) is 14.5 Å². The second-order valence-corrected chi connectivity index (χ2v) is 6.77. The lowest BCUT2D eigenvalue weighted by atomic mass is 9.83. The molecule has 0 bridgehead atoms. The van der Waals surface area contributed by atoms with Crippen molar-refractivity contribution in [3.63, 3.8) is 0 Å². The largest absolute Gasteiger partial charge is 0.240 e. The summed E-state index contributed by atoms with van der Waals surface area (Å²) in [7, 11) is -3.54. The van der Waals surface area contributed by atoms with Gasteiger partial charge in [0, 0.05) is 6.04 Å². The van der Waals surface area contributed by atoms with Gasteiger partial charge in [0.1, 0.15) is 6.07 Å². The Hall–Kier alpha value is -1.09. The van der Waals surface area contributed by atoms with Crippen molar-refractivity contribution in [2.75, 3.05) is 0 Å². The predicted octanol–water partition coefficient (Wildman–Crippen LogP) is 2.29. The number of rotatable bonds is 3. The van der Waals surface area contributed by atoms with E-state index in [4.69, 9.17) is 16.9 Å². The molecule has 0 heterocycles. The van der Waals surface area contributed by atoms with Crippen LogP contribution in [0.1, 0.15) is 25.3 Å². The summed E-state index contributed by atoms with van der Waals surface area (Å²) >= 11 is 5.83. The molecule has 96 valence electrons. The maximum atomic E-state index is 12.0. The lowest BCUT2D eigenvalue weighted by Gasteiger charge is -2.32. The summed E-state index contributed by atoms with van der Waals surface area (Å²) in [6.45, 7) is 2.09. The molecule has 0 amide bonds. The van der Waals surface area contributed by atoms with Crippen molar-refractivity contribution >= 4 is 21.6 Å². The Balaban J connectivity index is 2.20. The highest BCUT2D eigenvalue weighted by atomic mass is 35.5. The summed E-state index contributed by atoms with van der Waals surface area (Å²) < 4.78 is 26.7. The van der Waals surface area contributed by atoms with Crippen LogP contribution in [0.5, 0.6) is 0 Å². The SMILES string of the molecule is CC1CC(NS(=O)(=O)c2ccc(C#N)c(Cl)c2)C1. The number of halogens is 1. The van der Waals surface area contributed by atoms with Gasteiger partial charge in [-0.2, -0.15) is 5.26 Å². The molecule has 1 aromatic rings. The number of hydrogen-bond acceptors (Lipinski definition) is 3. The first-order valence-electron chi connectivity index (χ1n) is 5.64. The van der Waals surface area contributed by atoms with E-state index in [1.165, 1.54) is 18.2 Å². The summed E-state index contributed by atoms with van der Waals surface area (Å²) in [5.41, 5.74) is 0.271. The van der Waals surface area contributed by atoms with Gasteiger partial charge in [-0.15, -0.1) is 0 Å². The first-order valence-corrected chi connectivity index (χ1v) is 7.50. The van der Waals surface area contributed by atoms with Crippen LogP contribution in [0.25, 0.3) is 0 Å². The van der Waals surface area contributed by atoms with E-state index in [1.54, 1.807) is 0 Å². The molecule has 0 aliphatic heterocycles. The highest BCUT2D eigenvalue weighted by Crippen LogP contribution is 2.28. The molecule has 18 heavy (non-hydrogen) atoms. The first-order chi connectivity index (χ1) is 8.42. The summed E-state index contributed by atoms with van der Waals surface area (Å²) in [6.07, 6.45) is 1.73. The normalized spacial score (nSPS) is 23.2. The average molecular weight is 285 g/mol. The van der Waals surface area contributed by atoms with Crippen LogP contribution in [0.2, 0.25) is 5.02 Å². The molecule has 4 nitrogen and oxygen atoms in total. The van der Waals surface area contributed by atoms with Gasteiger partial charge < -0.3 is 0 Å². The molecule has 1 N–H and O–H groups in total. The van der Waals surface area contributed by atoms with E-state index in [1.807, 2.05) is 6.07 Å². The minimum Gasteiger partial charge on any atom is -0.208 e. The lowest BCUT2D eigenvalue weighted by molar-refractivity contribution is 0.270. The fourth-order valence-electron chi connectivity index (χ4n) is 2.04. The molecule has 0 spiro atoms. The zero-order valence-electron chi connectivity index (χ0n) is 9.85. The number of sulfonamides is 1. The van der Waals surface area contributed by atoms with Gasteiger partial charge in [0.15, 0.2) is 0 Å². The number of hydrogen-bond donors (Lipinski definition) is 1. The molecular formula is C12H13ClN2O2S. The van der Waals surface area contributed by atoms with E-state index in [0.717, 1.165) is 12.8 Å². The van der Waals surface area contributed by atoms with E-state index >= 15 is 0 Å². The standard InChI is InChI=1S/C12H13ClN2O2S/c1-8-4-10(5-8)15-18(16,17)11-3-2-9(7-14)12(13)6-11/h2-3,6,8,10,15H,4-5H2,1H3. The van der Waals surface area contributed by atoms with Crippen molar-refractivity contribution in [3.05, 3.63) is 28.8 Å². The molecule has 2 rings (SSSR count). The Labute approximate surface area is 112 Å². The number of benzene rings is 1. The van der Waals surface area contributed by atoms with E-state index in [9.17, 15) is 8.42 Å². The van der Waals surface area contributed by atoms with Crippen LogP contribution in [-0.2, 0) is 10.0 Å². The Morgan fingerprint density at radius 2 is 2.11 bits per heavy atom. The van der Waals surface area contributed by atoms with Crippen LogP contribution in [0.15, 0.2) is 23.1 Å². The van der Waals surface area contributed by atoms with Crippen molar-refractivity contribution in [2.24, 2.45) is 5.92 Å². The van der Waals surface area contributed by atoms with Crippen molar-refractivity contribution in [2.45, 2.75) is 30.7 Å². The average Bonchev–Trinajstić information content (AvgIpc) is 2.26. The second kappa shape index (κ2) is 4.88. The Morgan fingerprint density at radius 1 is 1.44 bits per heavy atom. The van der Waals surface area contributed by atoms with Crippen LogP contribution < -0.4 is 4.72 Å². The molecule has 1 aliphatic carbocycles. The third-order valence-corrected chi connectivity index (χ3v) is 4.90. The van der Waals surface area contributed by atoms with Crippen molar-refractivity contribution in [3.8, 4) is 6.07 Å². The van der Waals surface area contributed by atoms with Crippen LogP contribution in [0.4, 0.5) is 0 Å². The predicted molar refractivity (Wildman–Crippen MR) is 68.7 cm³/mol. The van der Waals surface area contributed by atoms with Gasteiger partial charge in [0.2, 0.25) is 10.0 Å². The number of nitrogens with one attached hydrogen (secondary N) is 1. The molecule has 0 saturated heterocycles. The maximum absolute atomic E-state index is 12.0. The summed E-state index contributed by atoms with van der Waals surface area (Å²) in [5, 5.41) is 8.89. The smallest absolute Gasteiger partial charge is 0.208 e. The van der Waals surface area contributed by atoms with Gasteiger partial charge in [0.25, 0.3) is 0 Å². The Bertz CT molecular complexity index is 601. The molecule has 1 aliphatic rings. The van der Waals surface area contributed by atoms with Crippen LogP contribution in [0.3, 0.4) is 0 Å². The van der Waals surface area contributed by atoms with Crippen molar-refractivity contribution in [1.82, 2.24) is 4.72 Å². The molecule has 0 radical (unpaired) electrons. The lowest BCUT2D eigenvalue weighted by Crippen LogP contribution is -2.43. The third-order valence-electron chi connectivity index (χ3n) is 3.07. The molecule has 1 saturated carbocycles. The van der Waals surface area contributed by atoms with Gasteiger partial charge in [-0.25, -0.2) is 13.1 Å². The zero-order valence-corrected chi connectivity index (χ0v) is 11.4. The molecule has 0 atom stereocenters. The summed E-state index contributed by atoms with van der Waals surface area (Å²) in [4.78, 5) is 0.103. The number of nitrogens with zero attached hydrogens (tertiary/aromatic N) is 1. The van der Waals surface area contributed by atoms with E-state index in [2.05, 4.69) is 11.6 Å². The van der Waals surface area contributed by atoms with E-state index in [0.29, 0.717) is 5.92 Å². The van der Waals surface area contributed by atoms with Gasteiger partial charge in [0.05, 0.1) is 15.5 Å². The summed E-state index contributed by atoms with van der Waals surface area (Å²) in [6, 6.07) is 6.03. The highest BCUT2D eigenvalue weighted by molar-refractivity contribution is 7.89.